The molecule has 1 amide bonds. The van der Waals surface area contributed by atoms with Crippen molar-refractivity contribution in [3.8, 4) is 0 Å². The second kappa shape index (κ2) is 5.95. The minimum Gasteiger partial charge on any atom is -0.390 e. The summed E-state index contributed by atoms with van der Waals surface area (Å²) in [5.74, 6) is 0.0202. The zero-order valence-corrected chi connectivity index (χ0v) is 12.7. The van der Waals surface area contributed by atoms with Crippen molar-refractivity contribution < 1.29 is 14.6 Å². The molecule has 2 saturated heterocycles. The van der Waals surface area contributed by atoms with Gasteiger partial charge in [-0.15, -0.1) is 0 Å². The van der Waals surface area contributed by atoms with Crippen LogP contribution in [0.25, 0.3) is 0 Å². The van der Waals surface area contributed by atoms with E-state index >= 15 is 0 Å². The number of likely N-dealkylation sites (tertiary alicyclic amines) is 1. The number of amides is 1. The lowest BCUT2D eigenvalue weighted by molar-refractivity contribution is -0.174. The first-order chi connectivity index (χ1) is 10.1. The maximum Gasteiger partial charge on any atom is 0.253 e. The average molecular weight is 310 g/mol. The number of rotatable bonds is 1. The molecule has 114 valence electrons. The van der Waals surface area contributed by atoms with Gasteiger partial charge in [0.1, 0.15) is 0 Å². The molecule has 2 fully saturated rings. The molecule has 0 saturated carbocycles. The van der Waals surface area contributed by atoms with Gasteiger partial charge in [0.15, 0.2) is 0 Å². The predicted octanol–water partition coefficient (Wildman–Crippen LogP) is 2.49. The normalized spacial score (nSPS) is 25.0. The lowest BCUT2D eigenvalue weighted by Gasteiger charge is -2.46. The van der Waals surface area contributed by atoms with E-state index in [9.17, 15) is 9.90 Å². The third-order valence-corrected chi connectivity index (χ3v) is 4.86. The van der Waals surface area contributed by atoms with Crippen molar-refractivity contribution in [1.82, 2.24) is 4.90 Å². The van der Waals surface area contributed by atoms with Crippen LogP contribution in [0, 0.1) is 0 Å². The average Bonchev–Trinajstić information content (AvgIpc) is 2.51. The van der Waals surface area contributed by atoms with Crippen LogP contribution in [0.4, 0.5) is 0 Å². The quantitative estimate of drug-likeness (QED) is 0.867. The molecule has 2 heterocycles. The summed E-state index contributed by atoms with van der Waals surface area (Å²) in [6, 6.07) is 6.96. The second-order valence-corrected chi connectivity index (χ2v) is 6.31. The fourth-order valence-electron chi connectivity index (χ4n) is 3.25. The Morgan fingerprint density at radius 3 is 2.57 bits per heavy atom. The summed E-state index contributed by atoms with van der Waals surface area (Å²) in [4.78, 5) is 14.3. The number of carbonyl (C=O) groups is 1. The number of nitrogens with zero attached hydrogens (tertiary/aromatic N) is 1. The van der Waals surface area contributed by atoms with Crippen molar-refractivity contribution in [1.29, 1.82) is 0 Å². The summed E-state index contributed by atoms with van der Waals surface area (Å²) in [7, 11) is 0. The molecule has 1 aromatic rings. The van der Waals surface area contributed by atoms with E-state index in [0.29, 0.717) is 43.1 Å². The number of aliphatic hydroxyl groups excluding tert-OH is 1. The van der Waals surface area contributed by atoms with Crippen molar-refractivity contribution >= 4 is 17.5 Å². The monoisotopic (exact) mass is 309 g/mol. The molecule has 0 radical (unpaired) electrons. The van der Waals surface area contributed by atoms with Gasteiger partial charge in [-0.05, 0) is 49.9 Å². The standard InChI is InChI=1S/C16H20ClNO3/c17-13-5-3-12(4-6-13)15(20)18-9-7-16(8-10-18)14(19)2-1-11-21-16/h3-6,14,19H,1-2,7-11H2. The van der Waals surface area contributed by atoms with Crippen LogP contribution in [0.2, 0.25) is 5.02 Å². The molecule has 0 aliphatic carbocycles. The molecule has 4 nitrogen and oxygen atoms in total. The van der Waals surface area contributed by atoms with Gasteiger partial charge in [0, 0.05) is 30.3 Å². The van der Waals surface area contributed by atoms with Crippen molar-refractivity contribution in [2.24, 2.45) is 0 Å². The fourth-order valence-corrected chi connectivity index (χ4v) is 3.38. The third-order valence-electron chi connectivity index (χ3n) is 4.61. The SMILES string of the molecule is O=C(c1ccc(Cl)cc1)N1CCC2(CC1)OCCCC2O. The lowest BCUT2D eigenvalue weighted by atomic mass is 9.82. The molecule has 1 atom stereocenters. The van der Waals surface area contributed by atoms with E-state index < -0.39 is 11.7 Å². The van der Waals surface area contributed by atoms with E-state index in [1.807, 2.05) is 4.90 Å². The third kappa shape index (κ3) is 2.93. The minimum absolute atomic E-state index is 0.0202. The van der Waals surface area contributed by atoms with Gasteiger partial charge in [-0.2, -0.15) is 0 Å². The molecule has 1 N–H and O–H groups in total. The van der Waals surface area contributed by atoms with E-state index in [1.165, 1.54) is 0 Å². The Balaban J connectivity index is 1.65. The van der Waals surface area contributed by atoms with Crippen molar-refractivity contribution in [2.75, 3.05) is 19.7 Å². The van der Waals surface area contributed by atoms with E-state index in [1.54, 1.807) is 24.3 Å². The van der Waals surface area contributed by atoms with E-state index in [-0.39, 0.29) is 5.91 Å². The van der Waals surface area contributed by atoms with Crippen LogP contribution in [-0.4, -0.2) is 47.3 Å². The molecule has 1 spiro atoms. The molecule has 2 aliphatic heterocycles. The first kappa shape index (κ1) is 14.8. The van der Waals surface area contributed by atoms with Crippen LogP contribution in [0.5, 0.6) is 0 Å². The second-order valence-electron chi connectivity index (χ2n) is 5.87. The molecule has 21 heavy (non-hydrogen) atoms. The number of benzene rings is 1. The maximum absolute atomic E-state index is 12.4. The van der Waals surface area contributed by atoms with Crippen LogP contribution in [-0.2, 0) is 4.74 Å². The Hall–Kier alpha value is -1.10. The highest BCUT2D eigenvalue weighted by Crippen LogP contribution is 2.35. The summed E-state index contributed by atoms with van der Waals surface area (Å²) in [5, 5.41) is 10.8. The Bertz CT molecular complexity index is 509. The Labute approximate surface area is 129 Å². The van der Waals surface area contributed by atoms with Gasteiger partial charge in [0.05, 0.1) is 11.7 Å². The highest BCUT2D eigenvalue weighted by atomic mass is 35.5. The molecular formula is C16H20ClNO3. The highest BCUT2D eigenvalue weighted by Gasteiger charge is 2.44. The molecule has 1 aromatic carbocycles. The van der Waals surface area contributed by atoms with Crippen molar-refractivity contribution in [2.45, 2.75) is 37.4 Å². The van der Waals surface area contributed by atoms with E-state index in [2.05, 4.69) is 0 Å². The number of aliphatic hydroxyl groups is 1. The molecule has 0 aromatic heterocycles. The van der Waals surface area contributed by atoms with E-state index in [4.69, 9.17) is 16.3 Å². The number of hydrogen-bond donors (Lipinski definition) is 1. The van der Waals surface area contributed by atoms with Gasteiger partial charge in [-0.25, -0.2) is 0 Å². The molecule has 1 unspecified atom stereocenters. The van der Waals surface area contributed by atoms with E-state index in [0.717, 1.165) is 12.8 Å². The first-order valence-electron chi connectivity index (χ1n) is 7.48. The van der Waals surface area contributed by atoms with Gasteiger partial charge < -0.3 is 14.7 Å². The number of ether oxygens (including phenoxy) is 1. The van der Waals surface area contributed by atoms with Crippen LogP contribution in [0.15, 0.2) is 24.3 Å². The lowest BCUT2D eigenvalue weighted by Crippen LogP contribution is -2.56. The zero-order valence-electron chi connectivity index (χ0n) is 11.9. The predicted molar refractivity (Wildman–Crippen MR) is 80.5 cm³/mol. The highest BCUT2D eigenvalue weighted by molar-refractivity contribution is 6.30. The summed E-state index contributed by atoms with van der Waals surface area (Å²) in [5.41, 5.74) is 0.218. The Kier molecular flexibility index (Phi) is 4.20. The van der Waals surface area contributed by atoms with Gasteiger partial charge >= 0.3 is 0 Å². The smallest absolute Gasteiger partial charge is 0.253 e. The van der Waals surface area contributed by atoms with Crippen LogP contribution >= 0.6 is 11.6 Å². The number of carbonyl (C=O) groups excluding carboxylic acids is 1. The Morgan fingerprint density at radius 1 is 1.29 bits per heavy atom. The summed E-state index contributed by atoms with van der Waals surface area (Å²) in [6.07, 6.45) is 2.71. The Morgan fingerprint density at radius 2 is 1.95 bits per heavy atom. The van der Waals surface area contributed by atoms with Gasteiger partial charge in [-0.3, -0.25) is 4.79 Å². The molecular weight excluding hydrogens is 290 g/mol. The summed E-state index contributed by atoms with van der Waals surface area (Å²) in [6.45, 7) is 1.96. The van der Waals surface area contributed by atoms with Crippen LogP contribution in [0.1, 0.15) is 36.0 Å². The van der Waals surface area contributed by atoms with Crippen LogP contribution < -0.4 is 0 Å². The minimum atomic E-state index is -0.435. The number of hydrogen-bond acceptors (Lipinski definition) is 3. The van der Waals surface area contributed by atoms with Crippen molar-refractivity contribution in [3.63, 3.8) is 0 Å². The zero-order chi connectivity index (χ0) is 14.9. The number of piperidine rings is 1. The van der Waals surface area contributed by atoms with Gasteiger partial charge in [-0.1, -0.05) is 11.6 Å². The molecule has 2 aliphatic rings. The summed E-state index contributed by atoms with van der Waals surface area (Å²) >= 11 is 5.85. The van der Waals surface area contributed by atoms with Crippen LogP contribution in [0.3, 0.4) is 0 Å². The fraction of sp³-hybridized carbons (Fsp3) is 0.562. The molecule has 5 heteroatoms. The van der Waals surface area contributed by atoms with Gasteiger partial charge in [0.25, 0.3) is 5.91 Å². The molecule has 3 rings (SSSR count). The largest absolute Gasteiger partial charge is 0.390 e. The summed E-state index contributed by atoms with van der Waals surface area (Å²) < 4.78 is 5.86. The number of halogens is 1. The maximum atomic E-state index is 12.4. The molecule has 0 bridgehead atoms. The van der Waals surface area contributed by atoms with Crippen molar-refractivity contribution in [3.05, 3.63) is 34.9 Å². The topological polar surface area (TPSA) is 49.8 Å². The van der Waals surface area contributed by atoms with Gasteiger partial charge in [0.2, 0.25) is 0 Å². The first-order valence-corrected chi connectivity index (χ1v) is 7.85.